The molecule has 0 unspecified atom stereocenters. The molecule has 0 saturated carbocycles. The molecule has 0 atom stereocenters. The Bertz CT molecular complexity index is 474. The summed E-state index contributed by atoms with van der Waals surface area (Å²) in [5.41, 5.74) is 0.261. The van der Waals surface area contributed by atoms with Gasteiger partial charge in [0.05, 0.1) is 17.3 Å². The van der Waals surface area contributed by atoms with Crippen LogP contribution >= 0.6 is 0 Å². The van der Waals surface area contributed by atoms with E-state index in [-0.39, 0.29) is 18.3 Å². The lowest BCUT2D eigenvalue weighted by molar-refractivity contribution is 0.00578. The van der Waals surface area contributed by atoms with E-state index >= 15 is 0 Å². The van der Waals surface area contributed by atoms with Crippen LogP contribution in [-0.2, 0) is 15.9 Å². The zero-order chi connectivity index (χ0) is 14.1. The summed E-state index contributed by atoms with van der Waals surface area (Å²) in [4.78, 5) is 0. The predicted octanol–water partition coefficient (Wildman–Crippen LogP) is 1.49. The van der Waals surface area contributed by atoms with Crippen molar-refractivity contribution in [1.82, 2.24) is 9.78 Å². The van der Waals surface area contributed by atoms with Crippen molar-refractivity contribution in [3.05, 3.63) is 12.4 Å². The smallest absolute Gasteiger partial charge is 0.399 e. The molecule has 1 aromatic rings. The van der Waals surface area contributed by atoms with E-state index in [1.807, 2.05) is 38.6 Å². The monoisotopic (exact) mass is 261 g/mol. The third kappa shape index (κ3) is 2.83. The number of rotatable bonds is 4. The highest BCUT2D eigenvalue weighted by Crippen LogP contribution is 2.36. The van der Waals surface area contributed by atoms with Gasteiger partial charge in [-0.3, -0.25) is 4.68 Å². The molecular formula is C13H20BN3O2. The second kappa shape index (κ2) is 4.99. The van der Waals surface area contributed by atoms with Crippen molar-refractivity contribution in [1.29, 1.82) is 5.26 Å². The topological polar surface area (TPSA) is 60.1 Å². The fraction of sp³-hybridized carbons (Fsp3) is 0.692. The van der Waals surface area contributed by atoms with Gasteiger partial charge in [0.2, 0.25) is 0 Å². The van der Waals surface area contributed by atoms with Crippen LogP contribution in [0.3, 0.4) is 0 Å². The van der Waals surface area contributed by atoms with Crippen molar-refractivity contribution in [2.24, 2.45) is 0 Å². The van der Waals surface area contributed by atoms with E-state index in [2.05, 4.69) is 11.2 Å². The lowest BCUT2D eigenvalue weighted by Gasteiger charge is -2.32. The Hall–Kier alpha value is -1.32. The van der Waals surface area contributed by atoms with Gasteiger partial charge in [0, 0.05) is 30.8 Å². The van der Waals surface area contributed by atoms with Crippen LogP contribution in [0, 0.1) is 11.3 Å². The van der Waals surface area contributed by atoms with Gasteiger partial charge in [-0.2, -0.15) is 10.4 Å². The summed E-state index contributed by atoms with van der Waals surface area (Å²) in [5, 5.41) is 12.8. The normalized spacial score (nSPS) is 20.5. The molecule has 0 N–H and O–H groups in total. The third-order valence-electron chi connectivity index (χ3n) is 3.85. The van der Waals surface area contributed by atoms with Crippen LogP contribution in [0.4, 0.5) is 0 Å². The molecule has 0 radical (unpaired) electrons. The molecule has 0 bridgehead atoms. The number of nitrogens with zero attached hydrogens (tertiary/aromatic N) is 3. The Kier molecular flexibility index (Phi) is 3.70. The second-order valence-electron chi connectivity index (χ2n) is 5.89. The zero-order valence-electron chi connectivity index (χ0n) is 12.0. The van der Waals surface area contributed by atoms with E-state index in [1.54, 1.807) is 6.20 Å². The van der Waals surface area contributed by atoms with Crippen molar-refractivity contribution in [3.8, 4) is 6.07 Å². The largest absolute Gasteiger partial charge is 0.498 e. The van der Waals surface area contributed by atoms with E-state index in [0.29, 0.717) is 6.42 Å². The van der Waals surface area contributed by atoms with Gasteiger partial charge < -0.3 is 9.31 Å². The number of nitriles is 1. The summed E-state index contributed by atoms with van der Waals surface area (Å²) in [6.45, 7) is 8.87. The fourth-order valence-electron chi connectivity index (χ4n) is 1.92. The maximum Gasteiger partial charge on any atom is 0.498 e. The molecule has 1 aliphatic heterocycles. The van der Waals surface area contributed by atoms with Crippen LogP contribution in [0.5, 0.6) is 0 Å². The number of unbranched alkanes of at least 4 members (excludes halogenated alkanes) is 1. The van der Waals surface area contributed by atoms with Gasteiger partial charge in [-0.1, -0.05) is 0 Å². The number of aryl methyl sites for hydroxylation is 1. The predicted molar refractivity (Wildman–Crippen MR) is 72.8 cm³/mol. The molecule has 19 heavy (non-hydrogen) atoms. The van der Waals surface area contributed by atoms with E-state index in [0.717, 1.165) is 18.4 Å². The van der Waals surface area contributed by atoms with Gasteiger partial charge in [0.25, 0.3) is 0 Å². The third-order valence-corrected chi connectivity index (χ3v) is 3.85. The molecule has 5 nitrogen and oxygen atoms in total. The minimum atomic E-state index is -0.366. The van der Waals surface area contributed by atoms with Crippen molar-refractivity contribution in [2.45, 2.75) is 58.3 Å². The molecule has 0 spiro atoms. The Morgan fingerprint density at radius 2 is 1.95 bits per heavy atom. The van der Waals surface area contributed by atoms with E-state index in [1.165, 1.54) is 0 Å². The molecular weight excluding hydrogens is 241 g/mol. The summed E-state index contributed by atoms with van der Waals surface area (Å²) >= 11 is 0. The van der Waals surface area contributed by atoms with Crippen LogP contribution in [-0.4, -0.2) is 28.1 Å². The van der Waals surface area contributed by atoms with Gasteiger partial charge in [0.15, 0.2) is 0 Å². The minimum Gasteiger partial charge on any atom is -0.399 e. The van der Waals surface area contributed by atoms with Gasteiger partial charge in [-0.15, -0.1) is 0 Å². The van der Waals surface area contributed by atoms with E-state index in [9.17, 15) is 0 Å². The summed E-state index contributed by atoms with van der Waals surface area (Å²) in [6.07, 6.45) is 5.06. The molecule has 1 aromatic heterocycles. The molecule has 2 heterocycles. The first kappa shape index (κ1) is 14.1. The Labute approximate surface area is 114 Å². The molecule has 2 rings (SSSR count). The molecule has 102 valence electrons. The average molecular weight is 261 g/mol. The second-order valence-corrected chi connectivity index (χ2v) is 5.89. The molecule has 0 aromatic carbocycles. The SMILES string of the molecule is CC1(C)OB(c2cnn(CCCC#N)c2)OC1(C)C. The molecule has 6 heteroatoms. The highest BCUT2D eigenvalue weighted by atomic mass is 16.7. The van der Waals surface area contributed by atoms with Crippen molar-refractivity contribution in [3.63, 3.8) is 0 Å². The van der Waals surface area contributed by atoms with Crippen LogP contribution in [0.1, 0.15) is 40.5 Å². The molecule has 1 fully saturated rings. The maximum absolute atomic E-state index is 8.52. The van der Waals surface area contributed by atoms with Gasteiger partial charge in [0.1, 0.15) is 0 Å². The van der Waals surface area contributed by atoms with Gasteiger partial charge in [-0.25, -0.2) is 0 Å². The van der Waals surface area contributed by atoms with Gasteiger partial charge >= 0.3 is 7.12 Å². The van der Waals surface area contributed by atoms with Crippen molar-refractivity contribution < 1.29 is 9.31 Å². The minimum absolute atomic E-state index is 0.333. The quantitative estimate of drug-likeness (QED) is 0.608. The zero-order valence-corrected chi connectivity index (χ0v) is 12.0. The maximum atomic E-state index is 8.52. The number of hydrogen-bond donors (Lipinski definition) is 0. The Morgan fingerprint density at radius 3 is 2.53 bits per heavy atom. The van der Waals surface area contributed by atoms with Crippen LogP contribution in [0.2, 0.25) is 0 Å². The fourth-order valence-corrected chi connectivity index (χ4v) is 1.92. The lowest BCUT2D eigenvalue weighted by Crippen LogP contribution is -2.41. The highest BCUT2D eigenvalue weighted by Gasteiger charge is 2.52. The first-order valence-electron chi connectivity index (χ1n) is 6.61. The molecule has 1 saturated heterocycles. The Balaban J connectivity index is 2.03. The van der Waals surface area contributed by atoms with E-state index in [4.69, 9.17) is 14.6 Å². The van der Waals surface area contributed by atoms with Crippen molar-refractivity contribution >= 4 is 12.6 Å². The van der Waals surface area contributed by atoms with E-state index < -0.39 is 0 Å². The van der Waals surface area contributed by atoms with Crippen molar-refractivity contribution in [2.75, 3.05) is 0 Å². The number of aromatic nitrogens is 2. The summed E-state index contributed by atoms with van der Waals surface area (Å²) in [7, 11) is -0.366. The highest BCUT2D eigenvalue weighted by molar-refractivity contribution is 6.61. The summed E-state index contributed by atoms with van der Waals surface area (Å²) in [5.74, 6) is 0. The lowest BCUT2D eigenvalue weighted by atomic mass is 9.82. The standard InChI is InChI=1S/C13H20BN3O2/c1-12(2)13(3,4)19-14(18-12)11-9-16-17(10-11)8-6-5-7-15/h9-10H,5-6,8H2,1-4H3. The van der Waals surface area contributed by atoms with Crippen LogP contribution < -0.4 is 5.46 Å². The first-order valence-corrected chi connectivity index (χ1v) is 6.61. The molecule has 1 aliphatic rings. The summed E-state index contributed by atoms with van der Waals surface area (Å²) < 4.78 is 13.8. The van der Waals surface area contributed by atoms with Crippen LogP contribution in [0.25, 0.3) is 0 Å². The number of hydrogen-bond acceptors (Lipinski definition) is 4. The molecule has 0 aliphatic carbocycles. The van der Waals surface area contributed by atoms with Gasteiger partial charge in [-0.05, 0) is 34.1 Å². The average Bonchev–Trinajstić information content (AvgIpc) is 2.83. The Morgan fingerprint density at radius 1 is 1.32 bits per heavy atom. The van der Waals surface area contributed by atoms with Crippen LogP contribution in [0.15, 0.2) is 12.4 Å². The summed E-state index contributed by atoms with van der Waals surface area (Å²) in [6, 6.07) is 2.13. The first-order chi connectivity index (χ1) is 8.86. The molecule has 0 amide bonds.